The molecule has 0 saturated heterocycles. The molecule has 0 amide bonds. The Hall–Kier alpha value is -2.36. The summed E-state index contributed by atoms with van der Waals surface area (Å²) in [7, 11) is 0. The van der Waals surface area contributed by atoms with Gasteiger partial charge in [0, 0.05) is 18.9 Å². The molecule has 2 heterocycles. The van der Waals surface area contributed by atoms with Crippen molar-refractivity contribution in [3.05, 3.63) is 60.6 Å². The van der Waals surface area contributed by atoms with Gasteiger partial charge in [0.25, 0.3) is 0 Å². The number of benzene rings is 1. The highest BCUT2D eigenvalue weighted by Gasteiger charge is 2.01. The Morgan fingerprint density at radius 2 is 1.94 bits per heavy atom. The summed E-state index contributed by atoms with van der Waals surface area (Å²) in [5.41, 5.74) is 2.22. The second-order valence-corrected chi connectivity index (χ2v) is 3.78. The van der Waals surface area contributed by atoms with E-state index >= 15 is 0 Å². The van der Waals surface area contributed by atoms with Crippen LogP contribution < -0.4 is 5.32 Å². The van der Waals surface area contributed by atoms with Crippen LogP contribution in [0.25, 0.3) is 5.52 Å². The summed E-state index contributed by atoms with van der Waals surface area (Å²) in [5.74, 6) is 0.855. The Morgan fingerprint density at radius 1 is 1.06 bits per heavy atom. The molecule has 0 saturated carbocycles. The number of fused-ring (bicyclic) bond motifs is 1. The molecule has 0 aliphatic rings. The topological polar surface area (TPSA) is 42.2 Å². The Morgan fingerprint density at radius 3 is 2.82 bits per heavy atom. The molecule has 17 heavy (non-hydrogen) atoms. The van der Waals surface area contributed by atoms with E-state index in [0.717, 1.165) is 17.9 Å². The molecule has 0 spiro atoms. The molecule has 0 radical (unpaired) electrons. The third kappa shape index (κ3) is 1.97. The van der Waals surface area contributed by atoms with Gasteiger partial charge in [0.05, 0.1) is 6.20 Å². The number of nitrogens with zero attached hydrogens (tertiary/aromatic N) is 3. The Labute approximate surface area is 98.9 Å². The molecule has 0 unspecified atom stereocenters. The van der Waals surface area contributed by atoms with E-state index in [1.807, 2.05) is 30.5 Å². The Kier molecular flexibility index (Phi) is 2.46. The fourth-order valence-electron chi connectivity index (χ4n) is 1.78. The lowest BCUT2D eigenvalue weighted by Gasteiger charge is -2.06. The number of nitrogens with one attached hydrogen (secondary N) is 1. The van der Waals surface area contributed by atoms with E-state index in [2.05, 4.69) is 27.5 Å². The van der Waals surface area contributed by atoms with Crippen LogP contribution in [0.3, 0.4) is 0 Å². The minimum Gasteiger partial charge on any atom is -0.364 e. The van der Waals surface area contributed by atoms with Crippen LogP contribution in [0.4, 0.5) is 5.82 Å². The Bertz CT molecular complexity index is 615. The van der Waals surface area contributed by atoms with Crippen LogP contribution in [0.15, 0.2) is 55.0 Å². The molecular weight excluding hydrogens is 212 g/mol. The van der Waals surface area contributed by atoms with Crippen molar-refractivity contribution in [2.24, 2.45) is 0 Å². The van der Waals surface area contributed by atoms with Gasteiger partial charge in [-0.15, -0.1) is 0 Å². The van der Waals surface area contributed by atoms with Crippen molar-refractivity contribution in [2.45, 2.75) is 6.54 Å². The number of anilines is 1. The molecule has 4 nitrogen and oxygen atoms in total. The van der Waals surface area contributed by atoms with Crippen molar-refractivity contribution >= 4 is 11.3 Å². The third-order valence-corrected chi connectivity index (χ3v) is 2.63. The van der Waals surface area contributed by atoms with Crippen molar-refractivity contribution in [3.8, 4) is 0 Å². The van der Waals surface area contributed by atoms with Crippen molar-refractivity contribution in [3.63, 3.8) is 0 Å². The highest BCUT2D eigenvalue weighted by atomic mass is 15.2. The highest BCUT2D eigenvalue weighted by Crippen LogP contribution is 2.13. The van der Waals surface area contributed by atoms with Gasteiger partial charge in [-0.05, 0) is 11.6 Å². The second-order valence-electron chi connectivity index (χ2n) is 3.78. The summed E-state index contributed by atoms with van der Waals surface area (Å²) in [6.07, 6.45) is 5.35. The predicted octanol–water partition coefficient (Wildman–Crippen LogP) is 2.34. The molecule has 0 fully saturated rings. The third-order valence-electron chi connectivity index (χ3n) is 2.63. The molecule has 0 aliphatic carbocycles. The summed E-state index contributed by atoms with van der Waals surface area (Å²) >= 11 is 0. The minimum atomic E-state index is 0.763. The second kappa shape index (κ2) is 4.25. The fourth-order valence-corrected chi connectivity index (χ4v) is 1.78. The highest BCUT2D eigenvalue weighted by molar-refractivity contribution is 5.66. The van der Waals surface area contributed by atoms with Gasteiger partial charge in [-0.3, -0.25) is 0 Å². The maximum Gasteiger partial charge on any atom is 0.152 e. The van der Waals surface area contributed by atoms with Gasteiger partial charge in [-0.2, -0.15) is 5.10 Å². The first kappa shape index (κ1) is 9.84. The molecule has 0 bridgehead atoms. The first-order valence-corrected chi connectivity index (χ1v) is 5.49. The number of rotatable bonds is 3. The molecule has 3 aromatic rings. The molecule has 0 aliphatic heterocycles. The van der Waals surface area contributed by atoms with E-state index in [1.165, 1.54) is 5.56 Å². The predicted molar refractivity (Wildman–Crippen MR) is 66.8 cm³/mol. The number of hydrogen-bond acceptors (Lipinski definition) is 3. The van der Waals surface area contributed by atoms with Crippen molar-refractivity contribution < 1.29 is 0 Å². The van der Waals surface area contributed by atoms with Crippen LogP contribution in [0.5, 0.6) is 0 Å². The quantitative estimate of drug-likeness (QED) is 0.742. The zero-order chi connectivity index (χ0) is 11.5. The van der Waals surface area contributed by atoms with Crippen LogP contribution in [-0.4, -0.2) is 14.6 Å². The van der Waals surface area contributed by atoms with Crippen molar-refractivity contribution in [1.82, 2.24) is 14.6 Å². The normalized spacial score (nSPS) is 10.6. The summed E-state index contributed by atoms with van der Waals surface area (Å²) in [5, 5.41) is 7.49. The molecule has 84 valence electrons. The zero-order valence-electron chi connectivity index (χ0n) is 9.24. The lowest BCUT2D eigenvalue weighted by Crippen LogP contribution is -2.03. The average Bonchev–Trinajstić information content (AvgIpc) is 2.86. The van der Waals surface area contributed by atoms with Gasteiger partial charge in [0.1, 0.15) is 5.52 Å². The van der Waals surface area contributed by atoms with E-state index < -0.39 is 0 Å². The summed E-state index contributed by atoms with van der Waals surface area (Å²) in [4.78, 5) is 4.32. The summed E-state index contributed by atoms with van der Waals surface area (Å²) < 4.78 is 1.81. The van der Waals surface area contributed by atoms with Crippen LogP contribution >= 0.6 is 0 Å². The van der Waals surface area contributed by atoms with Gasteiger partial charge >= 0.3 is 0 Å². The van der Waals surface area contributed by atoms with Crippen molar-refractivity contribution in [1.29, 1.82) is 0 Å². The standard InChI is InChI=1S/C13H12N4/c1-2-4-11(5-3-1)10-15-13-12-6-7-16-17(12)9-8-14-13/h1-9H,10H2,(H,14,15). The first-order valence-electron chi connectivity index (χ1n) is 5.49. The number of aromatic nitrogens is 3. The number of hydrogen-bond donors (Lipinski definition) is 1. The van der Waals surface area contributed by atoms with Crippen LogP contribution in [0.2, 0.25) is 0 Å². The van der Waals surface area contributed by atoms with E-state index in [1.54, 1.807) is 16.9 Å². The SMILES string of the molecule is c1ccc(CNc2nccn3nccc23)cc1. The summed E-state index contributed by atoms with van der Waals surface area (Å²) in [6.45, 7) is 0.763. The van der Waals surface area contributed by atoms with Gasteiger partial charge in [0.2, 0.25) is 0 Å². The molecule has 0 atom stereocenters. The van der Waals surface area contributed by atoms with Gasteiger partial charge in [-0.1, -0.05) is 30.3 Å². The van der Waals surface area contributed by atoms with E-state index in [-0.39, 0.29) is 0 Å². The minimum absolute atomic E-state index is 0.763. The molecule has 3 rings (SSSR count). The molecule has 1 N–H and O–H groups in total. The van der Waals surface area contributed by atoms with Crippen LogP contribution in [-0.2, 0) is 6.54 Å². The molecule has 4 heteroatoms. The molecule has 1 aromatic carbocycles. The maximum atomic E-state index is 4.32. The smallest absolute Gasteiger partial charge is 0.152 e. The lowest BCUT2D eigenvalue weighted by atomic mass is 10.2. The zero-order valence-corrected chi connectivity index (χ0v) is 9.24. The van der Waals surface area contributed by atoms with Crippen LogP contribution in [0.1, 0.15) is 5.56 Å². The summed E-state index contributed by atoms with van der Waals surface area (Å²) in [6, 6.07) is 12.2. The molecule has 2 aromatic heterocycles. The first-order chi connectivity index (χ1) is 8.43. The lowest BCUT2D eigenvalue weighted by molar-refractivity contribution is 0.942. The van der Waals surface area contributed by atoms with E-state index in [4.69, 9.17) is 0 Å². The van der Waals surface area contributed by atoms with Gasteiger partial charge in [0.15, 0.2) is 5.82 Å². The van der Waals surface area contributed by atoms with E-state index in [0.29, 0.717) is 0 Å². The van der Waals surface area contributed by atoms with E-state index in [9.17, 15) is 0 Å². The molecular formula is C13H12N4. The fraction of sp³-hybridized carbons (Fsp3) is 0.0769. The van der Waals surface area contributed by atoms with Crippen molar-refractivity contribution in [2.75, 3.05) is 5.32 Å². The average molecular weight is 224 g/mol. The monoisotopic (exact) mass is 224 g/mol. The maximum absolute atomic E-state index is 4.32. The van der Waals surface area contributed by atoms with Crippen LogP contribution in [0, 0.1) is 0 Å². The van der Waals surface area contributed by atoms with Gasteiger partial charge < -0.3 is 5.32 Å². The largest absolute Gasteiger partial charge is 0.364 e. The van der Waals surface area contributed by atoms with Gasteiger partial charge in [-0.25, -0.2) is 9.50 Å². The Balaban J connectivity index is 1.84.